The van der Waals surface area contributed by atoms with Gasteiger partial charge in [0.15, 0.2) is 0 Å². The van der Waals surface area contributed by atoms with Crippen LogP contribution in [0.1, 0.15) is 38.2 Å². The minimum atomic E-state index is -0.127. The van der Waals surface area contributed by atoms with Gasteiger partial charge in [0, 0.05) is 6.04 Å². The quantitative estimate of drug-likeness (QED) is 0.792. The summed E-state index contributed by atoms with van der Waals surface area (Å²) in [4.78, 5) is 0. The normalized spacial score (nSPS) is 25.4. The molecule has 16 heavy (non-hydrogen) atoms. The molecule has 1 N–H and O–H groups in total. The summed E-state index contributed by atoms with van der Waals surface area (Å²) in [6.45, 7) is 4.24. The minimum Gasteiger partial charge on any atom is -0.380 e. The lowest BCUT2D eigenvalue weighted by Crippen LogP contribution is -2.27. The maximum absolute atomic E-state index is 13.6. The van der Waals surface area contributed by atoms with Crippen LogP contribution in [0.25, 0.3) is 0 Å². The summed E-state index contributed by atoms with van der Waals surface area (Å²) < 4.78 is 13.6. The van der Waals surface area contributed by atoms with Crippen LogP contribution in [0.5, 0.6) is 0 Å². The maximum Gasteiger partial charge on any atom is 0.146 e. The summed E-state index contributed by atoms with van der Waals surface area (Å²) in [7, 11) is 0. The first-order valence-electron chi connectivity index (χ1n) is 6.18. The second-order valence-corrected chi connectivity index (χ2v) is 5.04. The zero-order chi connectivity index (χ0) is 11.5. The molecule has 0 aliphatic heterocycles. The second-order valence-electron chi connectivity index (χ2n) is 5.04. The monoisotopic (exact) mass is 221 g/mol. The molecule has 1 nitrogen and oxygen atoms in total. The number of benzene rings is 1. The molecule has 0 bridgehead atoms. The number of rotatable bonds is 2. The van der Waals surface area contributed by atoms with Gasteiger partial charge in [-0.3, -0.25) is 0 Å². The first-order valence-corrected chi connectivity index (χ1v) is 6.18. The molecule has 2 heteroatoms. The zero-order valence-electron chi connectivity index (χ0n) is 10.1. The van der Waals surface area contributed by atoms with Crippen molar-refractivity contribution in [1.29, 1.82) is 0 Å². The highest BCUT2D eigenvalue weighted by Crippen LogP contribution is 2.28. The number of hydrogen-bond acceptors (Lipinski definition) is 1. The molecule has 88 valence electrons. The number of hydrogen-bond donors (Lipinski definition) is 1. The molecule has 0 spiro atoms. The molecule has 0 amide bonds. The van der Waals surface area contributed by atoms with Crippen molar-refractivity contribution in [2.75, 3.05) is 5.32 Å². The van der Waals surface area contributed by atoms with Crippen molar-refractivity contribution in [3.63, 3.8) is 0 Å². The van der Waals surface area contributed by atoms with E-state index in [9.17, 15) is 4.39 Å². The zero-order valence-corrected chi connectivity index (χ0v) is 10.1. The van der Waals surface area contributed by atoms with Crippen LogP contribution in [0.2, 0.25) is 0 Å². The number of anilines is 1. The topological polar surface area (TPSA) is 12.0 Å². The van der Waals surface area contributed by atoms with Crippen LogP contribution in [-0.4, -0.2) is 6.04 Å². The van der Waals surface area contributed by atoms with Gasteiger partial charge in [-0.1, -0.05) is 31.9 Å². The fraction of sp³-hybridized carbons (Fsp3) is 0.571. The minimum absolute atomic E-state index is 0.127. The molecule has 1 aromatic carbocycles. The molecule has 1 aliphatic carbocycles. The molecule has 2 atom stereocenters. The highest BCUT2D eigenvalue weighted by Gasteiger charge is 2.19. The van der Waals surface area contributed by atoms with Gasteiger partial charge in [-0.25, -0.2) is 4.39 Å². The Hall–Kier alpha value is -1.05. The van der Waals surface area contributed by atoms with Crippen molar-refractivity contribution in [3.8, 4) is 0 Å². The molecular formula is C14H20FN. The Balaban J connectivity index is 2.08. The third kappa shape index (κ3) is 2.55. The average molecular weight is 221 g/mol. The fourth-order valence-electron chi connectivity index (χ4n) is 2.58. The summed E-state index contributed by atoms with van der Waals surface area (Å²) in [5.74, 6) is 0.636. The van der Waals surface area contributed by atoms with E-state index in [0.29, 0.717) is 11.7 Å². The summed E-state index contributed by atoms with van der Waals surface area (Å²) in [5, 5.41) is 3.37. The van der Waals surface area contributed by atoms with Gasteiger partial charge >= 0.3 is 0 Å². The van der Waals surface area contributed by atoms with E-state index in [1.807, 2.05) is 13.0 Å². The number of para-hydroxylation sites is 1. The smallest absolute Gasteiger partial charge is 0.146 e. The van der Waals surface area contributed by atoms with E-state index in [-0.39, 0.29) is 5.82 Å². The molecule has 0 heterocycles. The SMILES string of the molecule is Cc1cccc(F)c1NC1CCCC(C)C1. The van der Waals surface area contributed by atoms with Crippen LogP contribution in [0.3, 0.4) is 0 Å². The third-order valence-electron chi connectivity index (χ3n) is 3.51. The van der Waals surface area contributed by atoms with E-state index < -0.39 is 0 Å². The van der Waals surface area contributed by atoms with Gasteiger partial charge in [0.05, 0.1) is 5.69 Å². The molecule has 1 aromatic rings. The molecule has 0 saturated heterocycles. The van der Waals surface area contributed by atoms with Gasteiger partial charge in [0.25, 0.3) is 0 Å². The highest BCUT2D eigenvalue weighted by molar-refractivity contribution is 5.52. The highest BCUT2D eigenvalue weighted by atomic mass is 19.1. The molecule has 0 radical (unpaired) electrons. The van der Waals surface area contributed by atoms with Crippen LogP contribution in [0.4, 0.5) is 10.1 Å². The Kier molecular flexibility index (Phi) is 3.47. The second kappa shape index (κ2) is 4.86. The largest absolute Gasteiger partial charge is 0.380 e. The van der Waals surface area contributed by atoms with E-state index in [2.05, 4.69) is 12.2 Å². The average Bonchev–Trinajstić information content (AvgIpc) is 2.24. The van der Waals surface area contributed by atoms with Crippen molar-refractivity contribution in [1.82, 2.24) is 0 Å². The van der Waals surface area contributed by atoms with Crippen LogP contribution < -0.4 is 5.32 Å². The van der Waals surface area contributed by atoms with Crippen LogP contribution in [-0.2, 0) is 0 Å². The van der Waals surface area contributed by atoms with Crippen molar-refractivity contribution < 1.29 is 4.39 Å². The van der Waals surface area contributed by atoms with Gasteiger partial charge in [-0.05, 0) is 37.3 Å². The number of nitrogens with one attached hydrogen (secondary N) is 1. The Morgan fingerprint density at radius 2 is 2.12 bits per heavy atom. The van der Waals surface area contributed by atoms with E-state index in [1.54, 1.807) is 6.07 Å². The van der Waals surface area contributed by atoms with Crippen LogP contribution >= 0.6 is 0 Å². The van der Waals surface area contributed by atoms with Crippen LogP contribution in [0, 0.1) is 18.7 Å². The van der Waals surface area contributed by atoms with Gasteiger partial charge in [-0.15, -0.1) is 0 Å². The predicted molar refractivity (Wildman–Crippen MR) is 66.2 cm³/mol. The lowest BCUT2D eigenvalue weighted by Gasteiger charge is -2.29. The summed E-state index contributed by atoms with van der Waals surface area (Å²) >= 11 is 0. The Morgan fingerprint density at radius 1 is 1.31 bits per heavy atom. The van der Waals surface area contributed by atoms with Crippen molar-refractivity contribution >= 4 is 5.69 Å². The van der Waals surface area contributed by atoms with Crippen LogP contribution in [0.15, 0.2) is 18.2 Å². The van der Waals surface area contributed by atoms with E-state index in [1.165, 1.54) is 18.9 Å². The Morgan fingerprint density at radius 3 is 2.81 bits per heavy atom. The summed E-state index contributed by atoms with van der Waals surface area (Å²) in [5.41, 5.74) is 1.69. The molecule has 2 unspecified atom stereocenters. The number of halogens is 1. The lowest BCUT2D eigenvalue weighted by molar-refractivity contribution is 0.358. The lowest BCUT2D eigenvalue weighted by atomic mass is 9.87. The van der Waals surface area contributed by atoms with Gasteiger partial charge in [-0.2, -0.15) is 0 Å². The van der Waals surface area contributed by atoms with Crippen molar-refractivity contribution in [2.24, 2.45) is 5.92 Å². The molecule has 0 aromatic heterocycles. The summed E-state index contributed by atoms with van der Waals surface area (Å²) in [6.07, 6.45) is 4.90. The Labute approximate surface area is 97.1 Å². The van der Waals surface area contributed by atoms with Gasteiger partial charge in [0.1, 0.15) is 5.82 Å². The predicted octanol–water partition coefficient (Wildman–Crippen LogP) is 4.12. The standard InChI is InChI=1S/C14H20FN/c1-10-5-3-7-12(9-10)16-14-11(2)6-4-8-13(14)15/h4,6,8,10,12,16H,3,5,7,9H2,1-2H3. The molecule has 1 saturated carbocycles. The first kappa shape index (κ1) is 11.4. The number of aryl methyl sites for hydroxylation is 1. The third-order valence-corrected chi connectivity index (χ3v) is 3.51. The van der Waals surface area contributed by atoms with Crippen molar-refractivity contribution in [3.05, 3.63) is 29.6 Å². The molecule has 2 rings (SSSR count). The maximum atomic E-state index is 13.6. The first-order chi connectivity index (χ1) is 7.66. The van der Waals surface area contributed by atoms with E-state index in [4.69, 9.17) is 0 Å². The molecule has 1 fully saturated rings. The summed E-state index contributed by atoms with van der Waals surface area (Å²) in [6, 6.07) is 5.69. The van der Waals surface area contributed by atoms with Crippen molar-refractivity contribution in [2.45, 2.75) is 45.6 Å². The fourth-order valence-corrected chi connectivity index (χ4v) is 2.58. The molecular weight excluding hydrogens is 201 g/mol. The Bertz CT molecular complexity index is 342. The van der Waals surface area contributed by atoms with Gasteiger partial charge < -0.3 is 5.32 Å². The van der Waals surface area contributed by atoms with E-state index in [0.717, 1.165) is 24.3 Å². The van der Waals surface area contributed by atoms with Gasteiger partial charge in [0.2, 0.25) is 0 Å². The molecule has 1 aliphatic rings. The van der Waals surface area contributed by atoms with E-state index >= 15 is 0 Å².